The van der Waals surface area contributed by atoms with Gasteiger partial charge in [-0.05, 0) is 36.3 Å². The van der Waals surface area contributed by atoms with Crippen molar-refractivity contribution >= 4 is 24.1 Å². The van der Waals surface area contributed by atoms with Crippen LogP contribution in [-0.2, 0) is 11.8 Å². The molecule has 2 aliphatic rings. The zero-order valence-corrected chi connectivity index (χ0v) is 13.4. The second kappa shape index (κ2) is 6.09. The molecule has 0 bridgehead atoms. The first-order valence-corrected chi connectivity index (χ1v) is 8.03. The molecular weight excluding hydrogens is 306 g/mol. The summed E-state index contributed by atoms with van der Waals surface area (Å²) in [7, 11) is 1.79. The minimum absolute atomic E-state index is 0.128. The van der Waals surface area contributed by atoms with Gasteiger partial charge in [0, 0.05) is 13.7 Å². The molecule has 0 unspecified atom stereocenters. The summed E-state index contributed by atoms with van der Waals surface area (Å²) in [4.78, 5) is 12.9. The molecule has 2 aliphatic heterocycles. The lowest BCUT2D eigenvalue weighted by Crippen LogP contribution is -2.31. The number of nitrogens with zero attached hydrogens (tertiary/aromatic N) is 4. The Bertz CT molecular complexity index is 910. The fraction of sp³-hybridized carbons (Fsp3) is 0.353. The molecule has 1 saturated heterocycles. The topological polar surface area (TPSA) is 84.0 Å². The molecule has 2 aromatic rings. The molecular formula is C17H19N5O2. The molecule has 3 heterocycles. The van der Waals surface area contributed by atoms with Gasteiger partial charge in [0.1, 0.15) is 12.0 Å². The Morgan fingerprint density at radius 2 is 2.33 bits per heavy atom. The number of benzene rings is 1. The first kappa shape index (κ1) is 14.9. The largest absolute Gasteiger partial charge is 0.493 e. The molecule has 7 nitrogen and oxygen atoms in total. The van der Waals surface area contributed by atoms with E-state index in [1.807, 2.05) is 24.3 Å². The Morgan fingerprint density at radius 1 is 1.42 bits per heavy atom. The van der Waals surface area contributed by atoms with Gasteiger partial charge < -0.3 is 15.2 Å². The lowest BCUT2D eigenvalue weighted by atomic mass is 10.1. The maximum atomic E-state index is 10.4. The zero-order chi connectivity index (χ0) is 16.5. The van der Waals surface area contributed by atoms with Gasteiger partial charge in [0.2, 0.25) is 11.8 Å². The van der Waals surface area contributed by atoms with Gasteiger partial charge in [-0.25, -0.2) is 15.0 Å². The summed E-state index contributed by atoms with van der Waals surface area (Å²) in [6.07, 6.45) is 5.46. The molecule has 7 heteroatoms. The number of nitrogens with one attached hydrogen (secondary N) is 1. The number of ether oxygens (including phenoxy) is 1. The molecule has 0 spiro atoms. The van der Waals surface area contributed by atoms with Crippen LogP contribution < -0.4 is 15.9 Å². The van der Waals surface area contributed by atoms with Gasteiger partial charge in [0.25, 0.3) is 0 Å². The molecule has 4 rings (SSSR count). The Hall–Kier alpha value is -2.67. The number of aromatic hydroxyl groups is 1. The molecule has 24 heavy (non-hydrogen) atoms. The molecule has 1 fully saturated rings. The highest BCUT2D eigenvalue weighted by atomic mass is 16.5. The van der Waals surface area contributed by atoms with Crippen molar-refractivity contribution in [3.8, 4) is 5.88 Å². The number of hydrogen-bond acceptors (Lipinski definition) is 6. The Labute approximate surface area is 139 Å². The number of aromatic nitrogens is 2. The molecule has 1 aromatic carbocycles. The number of fused-ring (bicyclic) bond motifs is 1. The van der Waals surface area contributed by atoms with Crippen molar-refractivity contribution in [2.45, 2.75) is 18.9 Å². The maximum Gasteiger partial charge on any atom is 0.220 e. The summed E-state index contributed by atoms with van der Waals surface area (Å²) in [5, 5.41) is 15.5. The number of aliphatic imine (C=N–C) groups is 1. The van der Waals surface area contributed by atoms with Crippen LogP contribution >= 0.6 is 0 Å². The average Bonchev–Trinajstić information content (AvgIpc) is 3.16. The van der Waals surface area contributed by atoms with Gasteiger partial charge in [-0.2, -0.15) is 0 Å². The second-order valence-electron chi connectivity index (χ2n) is 6.03. The highest BCUT2D eigenvalue weighted by Crippen LogP contribution is 2.23. The van der Waals surface area contributed by atoms with Crippen LogP contribution in [0.4, 0.5) is 11.6 Å². The van der Waals surface area contributed by atoms with Gasteiger partial charge in [-0.15, -0.1) is 0 Å². The normalized spacial score (nSPS) is 20.0. The number of rotatable bonds is 3. The molecule has 0 radical (unpaired) electrons. The van der Waals surface area contributed by atoms with Gasteiger partial charge in [0.05, 0.1) is 23.7 Å². The maximum absolute atomic E-state index is 10.4. The third-order valence-corrected chi connectivity index (χ3v) is 4.28. The van der Waals surface area contributed by atoms with E-state index in [4.69, 9.17) is 4.74 Å². The van der Waals surface area contributed by atoms with Gasteiger partial charge >= 0.3 is 0 Å². The summed E-state index contributed by atoms with van der Waals surface area (Å²) in [5.74, 6) is 0.770. The van der Waals surface area contributed by atoms with E-state index in [0.717, 1.165) is 35.7 Å². The number of imidazole rings is 1. The van der Waals surface area contributed by atoms with Crippen LogP contribution in [0.3, 0.4) is 0 Å². The van der Waals surface area contributed by atoms with Crippen LogP contribution in [0.5, 0.6) is 5.88 Å². The highest BCUT2D eigenvalue weighted by molar-refractivity contribution is 5.67. The molecule has 2 N–H and O–H groups in total. The van der Waals surface area contributed by atoms with Crippen molar-refractivity contribution in [1.29, 1.82) is 0 Å². The molecule has 0 aliphatic carbocycles. The SMILES string of the molecule is Cn1c(N[C@H]2CCCOC2)nc(/C=c2\ccc3c(c2)N=CN=3)c1O. The molecule has 1 aromatic heterocycles. The van der Waals surface area contributed by atoms with Crippen molar-refractivity contribution in [3.05, 3.63) is 34.5 Å². The Balaban J connectivity index is 1.64. The van der Waals surface area contributed by atoms with E-state index in [9.17, 15) is 5.11 Å². The number of anilines is 1. The van der Waals surface area contributed by atoms with Crippen LogP contribution in [0, 0.1) is 0 Å². The van der Waals surface area contributed by atoms with E-state index in [-0.39, 0.29) is 11.9 Å². The predicted molar refractivity (Wildman–Crippen MR) is 91.3 cm³/mol. The van der Waals surface area contributed by atoms with Crippen LogP contribution in [-0.4, -0.2) is 40.3 Å². The monoisotopic (exact) mass is 325 g/mol. The van der Waals surface area contributed by atoms with E-state index in [0.29, 0.717) is 18.2 Å². The van der Waals surface area contributed by atoms with E-state index < -0.39 is 0 Å². The van der Waals surface area contributed by atoms with Crippen molar-refractivity contribution in [1.82, 2.24) is 9.55 Å². The van der Waals surface area contributed by atoms with Gasteiger partial charge in [0.15, 0.2) is 0 Å². The van der Waals surface area contributed by atoms with E-state index in [1.54, 1.807) is 18.0 Å². The zero-order valence-electron chi connectivity index (χ0n) is 13.4. The summed E-state index contributed by atoms with van der Waals surface area (Å²) in [6.45, 7) is 1.48. The second-order valence-corrected chi connectivity index (χ2v) is 6.03. The van der Waals surface area contributed by atoms with Crippen LogP contribution in [0.15, 0.2) is 28.2 Å². The standard InChI is InChI=1S/C17H19N5O2/c1-22-16(23)15(21-17(22)20-12-3-2-6-24-9-12)8-11-4-5-13-14(7-11)19-10-18-13/h4-5,7-8,10,12,23H,2-3,6,9H2,1H3,(H,20,21)/b11-8+/t12-/m0/s1. The van der Waals surface area contributed by atoms with Crippen LogP contribution in [0.25, 0.3) is 6.08 Å². The fourth-order valence-electron chi connectivity index (χ4n) is 2.93. The van der Waals surface area contributed by atoms with Crippen LogP contribution in [0.2, 0.25) is 0 Å². The van der Waals surface area contributed by atoms with E-state index in [1.165, 1.54) is 0 Å². The lowest BCUT2D eigenvalue weighted by Gasteiger charge is -2.23. The van der Waals surface area contributed by atoms with E-state index in [2.05, 4.69) is 20.3 Å². The van der Waals surface area contributed by atoms with Crippen molar-refractivity contribution in [2.24, 2.45) is 17.0 Å². The Morgan fingerprint density at radius 3 is 3.17 bits per heavy atom. The van der Waals surface area contributed by atoms with Crippen molar-refractivity contribution in [2.75, 3.05) is 18.5 Å². The highest BCUT2D eigenvalue weighted by Gasteiger charge is 2.18. The molecule has 124 valence electrons. The fourth-order valence-corrected chi connectivity index (χ4v) is 2.93. The Kier molecular flexibility index (Phi) is 3.78. The van der Waals surface area contributed by atoms with E-state index >= 15 is 0 Å². The first-order chi connectivity index (χ1) is 11.7. The average molecular weight is 325 g/mol. The van der Waals surface area contributed by atoms with Crippen molar-refractivity contribution < 1.29 is 9.84 Å². The molecule has 0 saturated carbocycles. The van der Waals surface area contributed by atoms with Gasteiger partial charge in [-0.1, -0.05) is 6.07 Å². The predicted octanol–water partition coefficient (Wildman–Crippen LogP) is 0.838. The summed E-state index contributed by atoms with van der Waals surface area (Å²) in [5.41, 5.74) is 1.35. The first-order valence-electron chi connectivity index (χ1n) is 8.03. The number of hydrogen-bond donors (Lipinski definition) is 2. The minimum Gasteiger partial charge on any atom is -0.493 e. The smallest absolute Gasteiger partial charge is 0.220 e. The minimum atomic E-state index is 0.128. The third-order valence-electron chi connectivity index (χ3n) is 4.28. The quantitative estimate of drug-likeness (QED) is 0.876. The third kappa shape index (κ3) is 2.78. The summed E-state index contributed by atoms with van der Waals surface area (Å²) < 4.78 is 7.13. The molecule has 0 amide bonds. The van der Waals surface area contributed by atoms with Crippen LogP contribution in [0.1, 0.15) is 18.5 Å². The molecule has 1 atom stereocenters. The van der Waals surface area contributed by atoms with Gasteiger partial charge in [-0.3, -0.25) is 4.57 Å². The lowest BCUT2D eigenvalue weighted by molar-refractivity contribution is 0.0873. The summed E-state index contributed by atoms with van der Waals surface area (Å²) in [6, 6.07) is 6.00. The summed E-state index contributed by atoms with van der Waals surface area (Å²) >= 11 is 0. The van der Waals surface area contributed by atoms with Crippen molar-refractivity contribution in [3.63, 3.8) is 0 Å².